The number of piperidine rings is 1. The summed E-state index contributed by atoms with van der Waals surface area (Å²) < 4.78 is 19.1. The summed E-state index contributed by atoms with van der Waals surface area (Å²) in [5.41, 5.74) is 3.04. The third-order valence-electron chi connectivity index (χ3n) is 6.74. The quantitative estimate of drug-likeness (QED) is 0.380. The molecule has 0 amide bonds. The lowest BCUT2D eigenvalue weighted by atomic mass is 9.91. The van der Waals surface area contributed by atoms with Gasteiger partial charge in [0.15, 0.2) is 0 Å². The zero-order chi connectivity index (χ0) is 23.8. The second kappa shape index (κ2) is 8.95. The molecule has 0 radical (unpaired) electrons. The monoisotopic (exact) mass is 459 g/mol. The first-order valence-electron chi connectivity index (χ1n) is 11.5. The van der Waals surface area contributed by atoms with Crippen LogP contribution in [0.3, 0.4) is 0 Å². The number of hydrogen-bond donors (Lipinski definition) is 2. The van der Waals surface area contributed by atoms with Crippen molar-refractivity contribution in [3.63, 3.8) is 0 Å². The molecule has 5 nitrogen and oxygen atoms in total. The Morgan fingerprint density at radius 3 is 2.56 bits per heavy atom. The summed E-state index contributed by atoms with van der Waals surface area (Å²) in [5, 5.41) is 21.4. The van der Waals surface area contributed by atoms with Crippen molar-refractivity contribution in [2.45, 2.75) is 31.7 Å². The number of nitrogens with zero attached hydrogens (tertiary/aromatic N) is 1. The van der Waals surface area contributed by atoms with E-state index in [-0.39, 0.29) is 23.1 Å². The minimum Gasteiger partial charge on any atom is -0.508 e. The summed E-state index contributed by atoms with van der Waals surface area (Å²) in [5.74, 6) is -0.159. The van der Waals surface area contributed by atoms with Gasteiger partial charge in [0.1, 0.15) is 22.9 Å². The standard InChI is InChI=1S/C28H26FNO4/c1-30-13-3-2-4-24(30)22-11-5-17(15-25(22)32)14-23-21-12-10-20(31)16-26(21)34-28(33)27(23)18-6-8-19(29)9-7-18/h5-12,15-16,24,31-32H,2-4,13-14H2,1H3. The van der Waals surface area contributed by atoms with E-state index in [1.165, 1.54) is 18.2 Å². The summed E-state index contributed by atoms with van der Waals surface area (Å²) >= 11 is 0. The molecule has 0 saturated carbocycles. The molecule has 0 spiro atoms. The van der Waals surface area contributed by atoms with Crippen molar-refractivity contribution in [1.82, 2.24) is 4.90 Å². The molecule has 1 unspecified atom stereocenters. The van der Waals surface area contributed by atoms with Crippen molar-refractivity contribution < 1.29 is 19.0 Å². The maximum Gasteiger partial charge on any atom is 0.344 e. The highest BCUT2D eigenvalue weighted by Gasteiger charge is 2.24. The number of phenolic OH excluding ortho intramolecular Hbond substituents is 2. The normalized spacial score (nSPS) is 16.7. The lowest BCUT2D eigenvalue weighted by Gasteiger charge is -2.33. The molecule has 3 aromatic carbocycles. The van der Waals surface area contributed by atoms with Crippen LogP contribution in [0, 0.1) is 5.82 Å². The van der Waals surface area contributed by atoms with Crippen LogP contribution in [0.2, 0.25) is 0 Å². The van der Waals surface area contributed by atoms with Gasteiger partial charge in [0.05, 0.1) is 5.56 Å². The fourth-order valence-corrected chi connectivity index (χ4v) is 5.00. The number of rotatable bonds is 4. The van der Waals surface area contributed by atoms with Gasteiger partial charge < -0.3 is 14.6 Å². The highest BCUT2D eigenvalue weighted by molar-refractivity contribution is 5.88. The molecule has 5 rings (SSSR count). The molecule has 2 heterocycles. The Morgan fingerprint density at radius 2 is 1.82 bits per heavy atom. The Morgan fingerprint density at radius 1 is 1.03 bits per heavy atom. The molecule has 1 saturated heterocycles. The molecule has 1 atom stereocenters. The lowest BCUT2D eigenvalue weighted by Crippen LogP contribution is -2.29. The van der Waals surface area contributed by atoms with Gasteiger partial charge in [-0.15, -0.1) is 0 Å². The molecule has 1 aliphatic rings. The van der Waals surface area contributed by atoms with E-state index in [0.29, 0.717) is 28.5 Å². The molecule has 4 aromatic rings. The lowest BCUT2D eigenvalue weighted by molar-refractivity contribution is 0.184. The number of phenols is 2. The van der Waals surface area contributed by atoms with Crippen molar-refractivity contribution in [2.75, 3.05) is 13.6 Å². The predicted molar refractivity (Wildman–Crippen MR) is 130 cm³/mol. The number of fused-ring (bicyclic) bond motifs is 1. The second-order valence-electron chi connectivity index (χ2n) is 8.99. The average Bonchev–Trinajstić information content (AvgIpc) is 2.81. The van der Waals surface area contributed by atoms with E-state index in [1.54, 1.807) is 30.3 Å². The van der Waals surface area contributed by atoms with E-state index >= 15 is 0 Å². The molecule has 1 fully saturated rings. The van der Waals surface area contributed by atoms with E-state index in [0.717, 1.165) is 36.9 Å². The second-order valence-corrected chi connectivity index (χ2v) is 8.99. The zero-order valence-corrected chi connectivity index (χ0v) is 18.9. The average molecular weight is 460 g/mol. The van der Waals surface area contributed by atoms with Gasteiger partial charge in [0, 0.05) is 23.1 Å². The topological polar surface area (TPSA) is 73.9 Å². The SMILES string of the molecule is CN1CCCCC1c1ccc(Cc2c(-c3ccc(F)cc3)c(=O)oc3cc(O)ccc23)cc1O. The maximum atomic E-state index is 13.6. The number of benzene rings is 3. The van der Waals surface area contributed by atoms with Gasteiger partial charge in [-0.25, -0.2) is 9.18 Å². The molecular weight excluding hydrogens is 433 g/mol. The molecule has 34 heavy (non-hydrogen) atoms. The predicted octanol–water partition coefficient (Wildman–Crippen LogP) is 5.76. The van der Waals surface area contributed by atoms with Crippen LogP contribution in [-0.4, -0.2) is 28.7 Å². The van der Waals surface area contributed by atoms with Crippen molar-refractivity contribution in [3.05, 3.63) is 93.6 Å². The number of halogens is 1. The van der Waals surface area contributed by atoms with Crippen molar-refractivity contribution >= 4 is 11.0 Å². The van der Waals surface area contributed by atoms with Gasteiger partial charge in [-0.3, -0.25) is 4.90 Å². The van der Waals surface area contributed by atoms with E-state index in [2.05, 4.69) is 11.9 Å². The van der Waals surface area contributed by atoms with Crippen LogP contribution in [-0.2, 0) is 6.42 Å². The molecule has 1 aromatic heterocycles. The minimum atomic E-state index is -0.565. The van der Waals surface area contributed by atoms with Crippen LogP contribution in [0.4, 0.5) is 4.39 Å². The van der Waals surface area contributed by atoms with Crippen molar-refractivity contribution in [3.8, 4) is 22.6 Å². The number of hydrogen-bond acceptors (Lipinski definition) is 5. The zero-order valence-electron chi connectivity index (χ0n) is 18.9. The van der Waals surface area contributed by atoms with Crippen LogP contribution in [0.5, 0.6) is 11.5 Å². The van der Waals surface area contributed by atoms with E-state index in [1.807, 2.05) is 12.1 Å². The number of likely N-dealkylation sites (tertiary alicyclic amines) is 1. The molecule has 1 aliphatic heterocycles. The summed E-state index contributed by atoms with van der Waals surface area (Å²) in [6.07, 6.45) is 3.66. The third kappa shape index (κ3) is 4.17. The van der Waals surface area contributed by atoms with Crippen LogP contribution in [0.1, 0.15) is 42.0 Å². The molecule has 174 valence electrons. The molecule has 0 bridgehead atoms. The molecule has 2 N–H and O–H groups in total. The van der Waals surface area contributed by atoms with Gasteiger partial charge in [-0.1, -0.05) is 30.7 Å². The molecular formula is C28H26FNO4. The summed E-state index contributed by atoms with van der Waals surface area (Å²) in [4.78, 5) is 15.3. The molecule has 6 heteroatoms. The first kappa shape index (κ1) is 22.2. The van der Waals surface area contributed by atoms with E-state index < -0.39 is 11.4 Å². The minimum absolute atomic E-state index is 0.00488. The Labute approximate surface area is 196 Å². The maximum absolute atomic E-state index is 13.6. The van der Waals surface area contributed by atoms with Crippen LogP contribution >= 0.6 is 0 Å². The highest BCUT2D eigenvalue weighted by atomic mass is 19.1. The summed E-state index contributed by atoms with van der Waals surface area (Å²) in [7, 11) is 2.08. The van der Waals surface area contributed by atoms with Crippen LogP contribution in [0.15, 0.2) is 69.9 Å². The van der Waals surface area contributed by atoms with Gasteiger partial charge >= 0.3 is 5.63 Å². The first-order chi connectivity index (χ1) is 16.4. The largest absolute Gasteiger partial charge is 0.508 e. The van der Waals surface area contributed by atoms with Gasteiger partial charge in [-0.2, -0.15) is 0 Å². The third-order valence-corrected chi connectivity index (χ3v) is 6.74. The van der Waals surface area contributed by atoms with Crippen LogP contribution < -0.4 is 5.63 Å². The molecule has 0 aliphatic carbocycles. The Kier molecular flexibility index (Phi) is 5.84. The summed E-state index contributed by atoms with van der Waals surface area (Å²) in [6, 6.07) is 16.3. The van der Waals surface area contributed by atoms with Gasteiger partial charge in [0.2, 0.25) is 0 Å². The smallest absolute Gasteiger partial charge is 0.344 e. The Hall–Kier alpha value is -3.64. The van der Waals surface area contributed by atoms with Gasteiger partial charge in [0.25, 0.3) is 0 Å². The highest BCUT2D eigenvalue weighted by Crippen LogP contribution is 2.37. The summed E-state index contributed by atoms with van der Waals surface area (Å²) in [6.45, 7) is 1.01. The van der Waals surface area contributed by atoms with Crippen molar-refractivity contribution in [2.24, 2.45) is 0 Å². The van der Waals surface area contributed by atoms with E-state index in [9.17, 15) is 19.4 Å². The van der Waals surface area contributed by atoms with Crippen molar-refractivity contribution in [1.29, 1.82) is 0 Å². The fourth-order valence-electron chi connectivity index (χ4n) is 5.00. The Bertz CT molecular complexity index is 1410. The fraction of sp³-hybridized carbons (Fsp3) is 0.250. The first-order valence-corrected chi connectivity index (χ1v) is 11.5. The number of aromatic hydroxyl groups is 2. The van der Waals surface area contributed by atoms with E-state index in [4.69, 9.17) is 4.42 Å². The Balaban J connectivity index is 1.61. The van der Waals surface area contributed by atoms with Gasteiger partial charge in [-0.05, 0) is 79.9 Å². The van der Waals surface area contributed by atoms with Crippen LogP contribution in [0.25, 0.3) is 22.1 Å².